The first kappa shape index (κ1) is 35.2. The molecule has 0 fully saturated rings. The smallest absolute Gasteiger partial charge is 0.0465 e. The number of rotatable bonds is 8. The lowest BCUT2D eigenvalue weighted by atomic mass is 9.82. The first-order valence-corrected chi connectivity index (χ1v) is 20.2. The van der Waals surface area contributed by atoms with Crippen LogP contribution < -0.4 is 4.90 Å². The van der Waals surface area contributed by atoms with Crippen LogP contribution in [0.1, 0.15) is 25.0 Å². The molecule has 1 aliphatic carbocycles. The highest BCUT2D eigenvalue weighted by Gasteiger charge is 2.35. The Morgan fingerprint density at radius 3 is 1.28 bits per heavy atom. The van der Waals surface area contributed by atoms with Gasteiger partial charge in [0.15, 0.2) is 0 Å². The lowest BCUT2D eigenvalue weighted by Crippen LogP contribution is -2.16. The summed E-state index contributed by atoms with van der Waals surface area (Å²) in [7, 11) is 0. The van der Waals surface area contributed by atoms with E-state index in [0.29, 0.717) is 0 Å². The van der Waals surface area contributed by atoms with Crippen molar-refractivity contribution in [3.63, 3.8) is 0 Å². The third kappa shape index (κ3) is 6.22. The van der Waals surface area contributed by atoms with Gasteiger partial charge in [-0.25, -0.2) is 0 Å². The van der Waals surface area contributed by atoms with E-state index in [-0.39, 0.29) is 5.41 Å². The SMILES string of the molecule is CC1(C)c2ccccc2-c2ccc(N(c3ccc(-c4ccccc4)cc3)c3ccc(-c4cccc(-c5ccccc5)c4-c4ccccc4-c4ccccc4)cc3)cc21. The second-order valence-electron chi connectivity index (χ2n) is 15.7. The molecule has 0 bridgehead atoms. The van der Waals surface area contributed by atoms with E-state index in [1.165, 1.54) is 77.9 Å². The summed E-state index contributed by atoms with van der Waals surface area (Å²) in [6.07, 6.45) is 0. The second kappa shape index (κ2) is 14.7. The molecule has 0 unspecified atom stereocenters. The highest BCUT2D eigenvalue weighted by atomic mass is 15.1. The van der Waals surface area contributed by atoms with Crippen molar-refractivity contribution in [2.24, 2.45) is 0 Å². The van der Waals surface area contributed by atoms with Gasteiger partial charge in [0.2, 0.25) is 0 Å². The average molecular weight is 742 g/mol. The molecule has 9 aromatic rings. The number of fused-ring (bicyclic) bond motifs is 3. The normalized spacial score (nSPS) is 12.4. The summed E-state index contributed by atoms with van der Waals surface area (Å²) < 4.78 is 0. The third-order valence-corrected chi connectivity index (χ3v) is 11.9. The Hall–Kier alpha value is -7.22. The Morgan fingerprint density at radius 1 is 0.276 bits per heavy atom. The number of benzene rings is 9. The van der Waals surface area contributed by atoms with Crippen molar-refractivity contribution in [3.05, 3.63) is 236 Å². The molecular formula is C57H43N. The molecule has 0 aromatic heterocycles. The van der Waals surface area contributed by atoms with Gasteiger partial charge in [-0.3, -0.25) is 0 Å². The first-order valence-electron chi connectivity index (χ1n) is 20.2. The Kier molecular flexibility index (Phi) is 8.92. The van der Waals surface area contributed by atoms with E-state index in [1.54, 1.807) is 0 Å². The van der Waals surface area contributed by atoms with Crippen LogP contribution in [0, 0.1) is 0 Å². The van der Waals surface area contributed by atoms with Crippen LogP contribution in [0.5, 0.6) is 0 Å². The maximum Gasteiger partial charge on any atom is 0.0465 e. The molecule has 0 heterocycles. The molecule has 10 rings (SSSR count). The van der Waals surface area contributed by atoms with Gasteiger partial charge < -0.3 is 4.90 Å². The number of anilines is 3. The summed E-state index contributed by atoms with van der Waals surface area (Å²) in [6, 6.07) is 81.8. The predicted octanol–water partition coefficient (Wildman–Crippen LogP) is 15.8. The Bertz CT molecular complexity index is 2870. The standard InChI is InChI=1S/C57H43N/c1-57(2)54-28-15-14-24-51(54)52-38-37-47(39-55(52)57)58(45-33-29-41(30-34-45)40-17-6-3-7-18-40)46-35-31-44(32-36-46)50-27-16-26-49(43-21-10-5-11-22-43)56(50)53-25-13-12-23-48(53)42-19-8-4-9-20-42/h3-39H,1-2H3. The summed E-state index contributed by atoms with van der Waals surface area (Å²) in [5.41, 5.74) is 20.7. The molecule has 276 valence electrons. The highest BCUT2D eigenvalue weighted by Crippen LogP contribution is 2.51. The van der Waals surface area contributed by atoms with E-state index in [4.69, 9.17) is 0 Å². The van der Waals surface area contributed by atoms with Crippen LogP contribution in [-0.4, -0.2) is 0 Å². The van der Waals surface area contributed by atoms with Crippen LogP contribution in [0.3, 0.4) is 0 Å². The fraction of sp³-hybridized carbons (Fsp3) is 0.0526. The molecule has 58 heavy (non-hydrogen) atoms. The van der Waals surface area contributed by atoms with Crippen molar-refractivity contribution in [1.29, 1.82) is 0 Å². The Labute approximate surface area is 342 Å². The summed E-state index contributed by atoms with van der Waals surface area (Å²) in [4.78, 5) is 2.41. The van der Waals surface area contributed by atoms with Gasteiger partial charge in [-0.05, 0) is 114 Å². The topological polar surface area (TPSA) is 3.24 Å². The summed E-state index contributed by atoms with van der Waals surface area (Å²) in [5.74, 6) is 0. The molecule has 1 heteroatoms. The minimum absolute atomic E-state index is 0.106. The van der Waals surface area contributed by atoms with Crippen molar-refractivity contribution in [3.8, 4) is 66.8 Å². The minimum Gasteiger partial charge on any atom is -0.310 e. The van der Waals surface area contributed by atoms with E-state index in [1.807, 2.05) is 0 Å². The van der Waals surface area contributed by atoms with Crippen LogP contribution in [0.4, 0.5) is 17.1 Å². The average Bonchev–Trinajstić information content (AvgIpc) is 3.53. The van der Waals surface area contributed by atoms with E-state index < -0.39 is 0 Å². The van der Waals surface area contributed by atoms with Crippen LogP contribution in [0.15, 0.2) is 224 Å². The quantitative estimate of drug-likeness (QED) is 0.150. The fourth-order valence-electron chi connectivity index (χ4n) is 9.01. The largest absolute Gasteiger partial charge is 0.310 e. The lowest BCUT2D eigenvalue weighted by molar-refractivity contribution is 0.660. The fourth-order valence-corrected chi connectivity index (χ4v) is 9.01. The van der Waals surface area contributed by atoms with Gasteiger partial charge >= 0.3 is 0 Å². The number of nitrogens with zero attached hydrogens (tertiary/aromatic N) is 1. The molecule has 0 radical (unpaired) electrons. The molecule has 0 amide bonds. The summed E-state index contributed by atoms with van der Waals surface area (Å²) in [6.45, 7) is 4.71. The van der Waals surface area contributed by atoms with E-state index in [0.717, 1.165) is 17.1 Å². The van der Waals surface area contributed by atoms with Gasteiger partial charge in [0.1, 0.15) is 0 Å². The van der Waals surface area contributed by atoms with Gasteiger partial charge in [-0.15, -0.1) is 0 Å². The third-order valence-electron chi connectivity index (χ3n) is 11.9. The number of hydrogen-bond acceptors (Lipinski definition) is 1. The molecule has 0 atom stereocenters. The zero-order chi connectivity index (χ0) is 39.1. The maximum absolute atomic E-state index is 2.41. The van der Waals surface area contributed by atoms with E-state index in [2.05, 4.69) is 243 Å². The van der Waals surface area contributed by atoms with Crippen LogP contribution >= 0.6 is 0 Å². The Morgan fingerprint density at radius 2 is 0.672 bits per heavy atom. The first-order chi connectivity index (χ1) is 28.5. The lowest BCUT2D eigenvalue weighted by Gasteiger charge is -2.28. The van der Waals surface area contributed by atoms with Crippen LogP contribution in [0.2, 0.25) is 0 Å². The molecule has 9 aromatic carbocycles. The van der Waals surface area contributed by atoms with Gasteiger partial charge in [0.05, 0.1) is 0 Å². The molecule has 0 spiro atoms. The van der Waals surface area contributed by atoms with Gasteiger partial charge in [-0.2, -0.15) is 0 Å². The zero-order valence-corrected chi connectivity index (χ0v) is 32.8. The van der Waals surface area contributed by atoms with Gasteiger partial charge in [0.25, 0.3) is 0 Å². The predicted molar refractivity (Wildman–Crippen MR) is 246 cm³/mol. The van der Waals surface area contributed by atoms with E-state index >= 15 is 0 Å². The minimum atomic E-state index is -0.106. The monoisotopic (exact) mass is 741 g/mol. The van der Waals surface area contributed by atoms with Gasteiger partial charge in [-0.1, -0.05) is 202 Å². The Balaban J connectivity index is 1.12. The van der Waals surface area contributed by atoms with Crippen LogP contribution in [0.25, 0.3) is 66.8 Å². The summed E-state index contributed by atoms with van der Waals surface area (Å²) in [5, 5.41) is 0. The molecule has 0 saturated carbocycles. The van der Waals surface area contributed by atoms with Crippen molar-refractivity contribution in [2.75, 3.05) is 4.90 Å². The van der Waals surface area contributed by atoms with Crippen molar-refractivity contribution < 1.29 is 0 Å². The van der Waals surface area contributed by atoms with Gasteiger partial charge in [0, 0.05) is 22.5 Å². The molecular weight excluding hydrogens is 699 g/mol. The molecule has 1 aliphatic rings. The molecule has 0 N–H and O–H groups in total. The maximum atomic E-state index is 2.41. The van der Waals surface area contributed by atoms with Crippen LogP contribution in [-0.2, 0) is 5.41 Å². The van der Waals surface area contributed by atoms with E-state index in [9.17, 15) is 0 Å². The molecule has 0 aliphatic heterocycles. The van der Waals surface area contributed by atoms with Crippen molar-refractivity contribution in [1.82, 2.24) is 0 Å². The molecule has 0 saturated heterocycles. The van der Waals surface area contributed by atoms with Crippen molar-refractivity contribution in [2.45, 2.75) is 19.3 Å². The highest BCUT2D eigenvalue weighted by molar-refractivity contribution is 6.00. The second-order valence-corrected chi connectivity index (χ2v) is 15.7. The zero-order valence-electron chi connectivity index (χ0n) is 32.8. The number of hydrogen-bond donors (Lipinski definition) is 0. The summed E-state index contributed by atoms with van der Waals surface area (Å²) >= 11 is 0. The van der Waals surface area contributed by atoms with Crippen molar-refractivity contribution >= 4 is 17.1 Å². The molecule has 1 nitrogen and oxygen atoms in total.